The summed E-state index contributed by atoms with van der Waals surface area (Å²) in [4.78, 5) is 14.2. The average molecular weight is 301 g/mol. The van der Waals surface area contributed by atoms with Gasteiger partial charge in [-0.2, -0.15) is 5.10 Å². The van der Waals surface area contributed by atoms with Gasteiger partial charge in [-0.05, 0) is 18.4 Å². The highest BCUT2D eigenvalue weighted by molar-refractivity contribution is 5.96. The molecule has 1 aliphatic heterocycles. The number of halogens is 2. The second kappa shape index (κ2) is 5.93. The summed E-state index contributed by atoms with van der Waals surface area (Å²) in [6.45, 7) is 1.21. The highest BCUT2D eigenvalue weighted by Crippen LogP contribution is 2.31. The normalized spacial score (nSPS) is 18.8. The number of rotatable bonds is 4. The summed E-state index contributed by atoms with van der Waals surface area (Å²) in [6.07, 6.45) is 5.11. The number of aromatic nitrogens is 2. The monoisotopic (exact) mass is 300 g/mol. The number of fused-ring (bicyclic) bond motifs is 1. The largest absolute Gasteiger partial charge is 0.335 e. The maximum atomic E-state index is 12.6. The summed E-state index contributed by atoms with van der Waals surface area (Å²) in [7, 11) is 0. The fraction of sp³-hybridized carbons (Fsp3) is 0.538. The third-order valence-corrected chi connectivity index (χ3v) is 3.79. The molecule has 2 heterocycles. The Morgan fingerprint density at radius 1 is 1.55 bits per heavy atom. The second-order valence-corrected chi connectivity index (χ2v) is 5.11. The van der Waals surface area contributed by atoms with Gasteiger partial charge in [0, 0.05) is 25.6 Å². The Kier molecular flexibility index (Phi) is 4.45. The lowest BCUT2D eigenvalue weighted by atomic mass is 10.1. The molecular formula is C13H18ClFN4O. The zero-order chi connectivity index (χ0) is 13.4. The minimum absolute atomic E-state index is 0. The van der Waals surface area contributed by atoms with Crippen molar-refractivity contribution in [2.24, 2.45) is 5.73 Å². The van der Waals surface area contributed by atoms with Crippen LogP contribution in [-0.2, 0) is 13.0 Å². The number of nitrogens with zero attached hydrogens (tertiary/aromatic N) is 3. The van der Waals surface area contributed by atoms with Gasteiger partial charge >= 0.3 is 0 Å². The molecule has 5 nitrogen and oxygen atoms in total. The Labute approximate surface area is 123 Å². The fourth-order valence-electron chi connectivity index (χ4n) is 2.54. The Balaban J connectivity index is 0.00000147. The maximum Gasteiger partial charge on any atom is 0.257 e. The van der Waals surface area contributed by atoms with Crippen LogP contribution in [0.4, 0.5) is 4.39 Å². The van der Waals surface area contributed by atoms with Crippen LogP contribution < -0.4 is 5.73 Å². The molecule has 2 N–H and O–H groups in total. The zero-order valence-electron chi connectivity index (χ0n) is 11.1. The lowest BCUT2D eigenvalue weighted by molar-refractivity contribution is 0.0725. The molecule has 110 valence electrons. The minimum atomic E-state index is 0. The molecule has 2 aliphatic rings. The van der Waals surface area contributed by atoms with Crippen molar-refractivity contribution in [2.75, 3.05) is 13.1 Å². The van der Waals surface area contributed by atoms with Crippen LogP contribution in [0, 0.1) is 0 Å². The van der Waals surface area contributed by atoms with Crippen molar-refractivity contribution in [3.63, 3.8) is 0 Å². The van der Waals surface area contributed by atoms with Gasteiger partial charge in [0.15, 0.2) is 0 Å². The summed E-state index contributed by atoms with van der Waals surface area (Å²) in [5.74, 6) is 0.0635. The molecule has 0 bridgehead atoms. The third-order valence-electron chi connectivity index (χ3n) is 3.79. The van der Waals surface area contributed by atoms with E-state index in [1.807, 2.05) is 4.90 Å². The molecule has 20 heavy (non-hydrogen) atoms. The van der Waals surface area contributed by atoms with Crippen LogP contribution >= 0.6 is 12.4 Å². The Morgan fingerprint density at radius 2 is 2.30 bits per heavy atom. The van der Waals surface area contributed by atoms with E-state index < -0.39 is 0 Å². The van der Waals surface area contributed by atoms with Crippen LogP contribution in [0.2, 0.25) is 0 Å². The fourth-order valence-corrected chi connectivity index (χ4v) is 2.54. The number of hydrogen-bond acceptors (Lipinski definition) is 3. The summed E-state index contributed by atoms with van der Waals surface area (Å²) in [5, 5.41) is 4.20. The van der Waals surface area contributed by atoms with E-state index in [0.717, 1.165) is 31.5 Å². The van der Waals surface area contributed by atoms with Crippen LogP contribution in [-0.4, -0.2) is 39.7 Å². The van der Waals surface area contributed by atoms with Gasteiger partial charge in [-0.15, -0.1) is 12.4 Å². The molecule has 0 radical (unpaired) electrons. The molecule has 1 aromatic rings. The van der Waals surface area contributed by atoms with Gasteiger partial charge in [-0.25, -0.2) is 4.39 Å². The zero-order valence-corrected chi connectivity index (χ0v) is 11.9. The van der Waals surface area contributed by atoms with Crippen molar-refractivity contribution in [1.29, 1.82) is 0 Å². The van der Waals surface area contributed by atoms with E-state index in [1.54, 1.807) is 10.9 Å². The SMILES string of the molecule is Cl.NCC(=CF)Cn1ncc2c1CCN(C1CC1)C2=O. The number of nitrogens with two attached hydrogens (primary N) is 1. The van der Waals surface area contributed by atoms with Crippen molar-refractivity contribution in [3.8, 4) is 0 Å². The van der Waals surface area contributed by atoms with Crippen LogP contribution in [0.5, 0.6) is 0 Å². The van der Waals surface area contributed by atoms with Gasteiger partial charge in [0.05, 0.1) is 30.3 Å². The quantitative estimate of drug-likeness (QED) is 0.911. The second-order valence-electron chi connectivity index (χ2n) is 5.11. The smallest absolute Gasteiger partial charge is 0.257 e. The molecule has 3 rings (SSSR count). The molecule has 0 aromatic carbocycles. The van der Waals surface area contributed by atoms with E-state index in [2.05, 4.69) is 5.10 Å². The van der Waals surface area contributed by atoms with Crippen molar-refractivity contribution in [3.05, 3.63) is 29.4 Å². The van der Waals surface area contributed by atoms with Gasteiger partial charge in [-0.1, -0.05) is 0 Å². The first-order valence-corrected chi connectivity index (χ1v) is 6.58. The molecule has 1 amide bonds. The lowest BCUT2D eigenvalue weighted by Crippen LogP contribution is -2.39. The van der Waals surface area contributed by atoms with Gasteiger partial charge in [0.25, 0.3) is 5.91 Å². The van der Waals surface area contributed by atoms with E-state index in [4.69, 9.17) is 5.73 Å². The van der Waals surface area contributed by atoms with Crippen LogP contribution in [0.15, 0.2) is 18.1 Å². The third kappa shape index (κ3) is 2.58. The number of hydrogen-bond donors (Lipinski definition) is 1. The number of carbonyl (C=O) groups excluding carboxylic acids is 1. The van der Waals surface area contributed by atoms with Crippen molar-refractivity contribution >= 4 is 18.3 Å². The van der Waals surface area contributed by atoms with Crippen LogP contribution in [0.25, 0.3) is 0 Å². The summed E-state index contributed by atoms with van der Waals surface area (Å²) < 4.78 is 14.3. The first-order chi connectivity index (χ1) is 9.24. The predicted octanol–water partition coefficient (Wildman–Crippen LogP) is 1.28. The van der Waals surface area contributed by atoms with Gasteiger partial charge in [0.2, 0.25) is 0 Å². The number of amides is 1. The highest BCUT2D eigenvalue weighted by atomic mass is 35.5. The Hall–Kier alpha value is -1.40. The molecule has 0 saturated heterocycles. The molecule has 0 unspecified atom stereocenters. The summed E-state index contributed by atoms with van der Waals surface area (Å²) in [6, 6.07) is 0.425. The average Bonchev–Trinajstić information content (AvgIpc) is 3.18. The molecule has 1 saturated carbocycles. The van der Waals surface area contributed by atoms with E-state index >= 15 is 0 Å². The van der Waals surface area contributed by atoms with Gasteiger partial charge in [-0.3, -0.25) is 9.48 Å². The van der Waals surface area contributed by atoms with Gasteiger partial charge in [0.1, 0.15) is 0 Å². The summed E-state index contributed by atoms with van der Waals surface area (Å²) >= 11 is 0. The van der Waals surface area contributed by atoms with E-state index in [-0.39, 0.29) is 24.9 Å². The van der Waals surface area contributed by atoms with Crippen LogP contribution in [0.3, 0.4) is 0 Å². The molecular weight excluding hydrogens is 283 g/mol. The van der Waals surface area contributed by atoms with Crippen molar-refractivity contribution in [2.45, 2.75) is 31.8 Å². The minimum Gasteiger partial charge on any atom is -0.335 e. The Morgan fingerprint density at radius 3 is 2.90 bits per heavy atom. The van der Waals surface area contributed by atoms with Crippen molar-refractivity contribution in [1.82, 2.24) is 14.7 Å². The first-order valence-electron chi connectivity index (χ1n) is 6.58. The summed E-state index contributed by atoms with van der Waals surface area (Å²) in [5.41, 5.74) is 7.48. The molecule has 1 aromatic heterocycles. The molecule has 7 heteroatoms. The van der Waals surface area contributed by atoms with E-state index in [0.29, 0.717) is 30.1 Å². The van der Waals surface area contributed by atoms with Gasteiger partial charge < -0.3 is 10.6 Å². The highest BCUT2D eigenvalue weighted by Gasteiger charge is 2.37. The predicted molar refractivity (Wildman–Crippen MR) is 75.5 cm³/mol. The van der Waals surface area contributed by atoms with Crippen molar-refractivity contribution < 1.29 is 9.18 Å². The van der Waals surface area contributed by atoms with E-state index in [1.165, 1.54) is 0 Å². The molecule has 1 fully saturated rings. The van der Waals surface area contributed by atoms with E-state index in [9.17, 15) is 9.18 Å². The number of carbonyl (C=O) groups is 1. The lowest BCUT2D eigenvalue weighted by Gasteiger charge is -2.27. The maximum absolute atomic E-state index is 12.6. The Bertz CT molecular complexity index is 538. The van der Waals surface area contributed by atoms with Crippen LogP contribution in [0.1, 0.15) is 28.9 Å². The first kappa shape index (κ1) is 15.0. The topological polar surface area (TPSA) is 64.2 Å². The molecule has 0 atom stereocenters. The molecule has 1 aliphatic carbocycles. The standard InChI is InChI=1S/C13H17FN4O.ClH/c14-5-9(6-15)8-18-12-3-4-17(10-1-2-10)13(19)11(12)7-16-18;/h5,7,10H,1-4,6,8,15H2;1H. The molecule has 0 spiro atoms.